The van der Waals surface area contributed by atoms with Crippen molar-refractivity contribution in [3.63, 3.8) is 0 Å². The normalized spacial score (nSPS) is 13.3. The monoisotopic (exact) mass is 271 g/mol. The summed E-state index contributed by atoms with van der Waals surface area (Å²) in [7, 11) is -1.58. The molecule has 4 nitrogen and oxygen atoms in total. The summed E-state index contributed by atoms with van der Waals surface area (Å²) in [5.41, 5.74) is 0.956. The molecule has 0 heterocycles. The molecule has 0 bridgehead atoms. The molecule has 102 valence electrons. The Bertz CT molecular complexity index is 454. The highest BCUT2D eigenvalue weighted by Gasteiger charge is 2.17. The van der Waals surface area contributed by atoms with Crippen molar-refractivity contribution in [1.29, 1.82) is 0 Å². The molecule has 0 saturated carbocycles. The molecule has 0 saturated heterocycles. The lowest BCUT2D eigenvalue weighted by molar-refractivity contribution is 0.414. The molecule has 0 amide bonds. The molecule has 18 heavy (non-hydrogen) atoms. The van der Waals surface area contributed by atoms with E-state index in [9.17, 15) is 8.42 Å². The summed E-state index contributed by atoms with van der Waals surface area (Å²) in [6, 6.07) is 7.29. The van der Waals surface area contributed by atoms with Gasteiger partial charge < -0.3 is 4.74 Å². The zero-order chi connectivity index (χ0) is 13.6. The first-order valence-electron chi connectivity index (χ1n) is 6.16. The van der Waals surface area contributed by atoms with Crippen LogP contribution in [0.5, 0.6) is 5.75 Å². The Morgan fingerprint density at radius 2 is 1.83 bits per heavy atom. The van der Waals surface area contributed by atoms with Crippen molar-refractivity contribution in [1.82, 2.24) is 4.72 Å². The summed E-state index contributed by atoms with van der Waals surface area (Å²) in [5.74, 6) is 0.935. The van der Waals surface area contributed by atoms with E-state index in [1.165, 1.54) is 0 Å². The Morgan fingerprint density at radius 1 is 1.22 bits per heavy atom. The highest BCUT2D eigenvalue weighted by molar-refractivity contribution is 7.89. The lowest BCUT2D eigenvalue weighted by atomic mass is 10.1. The van der Waals surface area contributed by atoms with E-state index < -0.39 is 10.0 Å². The second-order valence-electron chi connectivity index (χ2n) is 4.17. The summed E-state index contributed by atoms with van der Waals surface area (Å²) in [5, 5.41) is 0. The van der Waals surface area contributed by atoms with Crippen LogP contribution in [0.1, 0.15) is 38.3 Å². The highest BCUT2D eigenvalue weighted by Crippen LogP contribution is 2.20. The number of hydrogen-bond donors (Lipinski definition) is 1. The lowest BCUT2D eigenvalue weighted by Gasteiger charge is -2.17. The average molecular weight is 271 g/mol. The van der Waals surface area contributed by atoms with Gasteiger partial charge in [0.25, 0.3) is 0 Å². The third-order valence-electron chi connectivity index (χ3n) is 2.72. The van der Waals surface area contributed by atoms with Crippen LogP contribution in [0.4, 0.5) is 0 Å². The number of methoxy groups -OCH3 is 1. The maximum absolute atomic E-state index is 11.8. The van der Waals surface area contributed by atoms with Crippen LogP contribution < -0.4 is 9.46 Å². The zero-order valence-electron chi connectivity index (χ0n) is 11.1. The van der Waals surface area contributed by atoms with E-state index in [4.69, 9.17) is 4.74 Å². The van der Waals surface area contributed by atoms with E-state index in [0.717, 1.165) is 17.7 Å². The van der Waals surface area contributed by atoms with Crippen molar-refractivity contribution >= 4 is 10.0 Å². The van der Waals surface area contributed by atoms with Crippen molar-refractivity contribution in [2.24, 2.45) is 0 Å². The Morgan fingerprint density at radius 3 is 2.28 bits per heavy atom. The van der Waals surface area contributed by atoms with E-state index in [1.807, 2.05) is 38.1 Å². The first-order valence-corrected chi connectivity index (χ1v) is 7.81. The zero-order valence-corrected chi connectivity index (χ0v) is 12.0. The largest absolute Gasteiger partial charge is 0.497 e. The molecule has 0 fully saturated rings. The maximum Gasteiger partial charge on any atom is 0.212 e. The van der Waals surface area contributed by atoms with Crippen LogP contribution in [0, 0.1) is 0 Å². The number of ether oxygens (including phenoxy) is 1. The first kappa shape index (κ1) is 15.0. The molecule has 0 aliphatic rings. The molecular formula is C13H21NO3S. The van der Waals surface area contributed by atoms with Crippen LogP contribution in [0.2, 0.25) is 0 Å². The number of nitrogens with one attached hydrogen (secondary N) is 1. The quantitative estimate of drug-likeness (QED) is 0.829. The predicted molar refractivity (Wildman–Crippen MR) is 73.2 cm³/mol. The smallest absolute Gasteiger partial charge is 0.212 e. The molecule has 0 aromatic heterocycles. The Labute approximate surface area is 109 Å². The number of hydrogen-bond acceptors (Lipinski definition) is 3. The number of sulfonamides is 1. The van der Waals surface area contributed by atoms with E-state index in [1.54, 1.807) is 7.11 Å². The molecule has 0 aliphatic carbocycles. The minimum absolute atomic E-state index is 0.166. The van der Waals surface area contributed by atoms with Gasteiger partial charge in [0.15, 0.2) is 0 Å². The van der Waals surface area contributed by atoms with E-state index >= 15 is 0 Å². The number of rotatable bonds is 7. The molecule has 0 radical (unpaired) electrons. The molecule has 0 spiro atoms. The minimum Gasteiger partial charge on any atom is -0.497 e. The van der Waals surface area contributed by atoms with Gasteiger partial charge in [-0.15, -0.1) is 0 Å². The Hall–Kier alpha value is -1.07. The van der Waals surface area contributed by atoms with Gasteiger partial charge in [0.05, 0.1) is 12.9 Å². The Kier molecular flexibility index (Phi) is 5.62. The van der Waals surface area contributed by atoms with Crippen molar-refractivity contribution in [3.05, 3.63) is 29.8 Å². The highest BCUT2D eigenvalue weighted by atomic mass is 32.2. The van der Waals surface area contributed by atoms with E-state index in [-0.39, 0.29) is 11.8 Å². The van der Waals surface area contributed by atoms with Crippen LogP contribution in [-0.2, 0) is 10.0 Å². The fourth-order valence-corrected chi connectivity index (χ4v) is 3.16. The lowest BCUT2D eigenvalue weighted by Crippen LogP contribution is -2.30. The van der Waals surface area contributed by atoms with Crippen molar-refractivity contribution in [2.75, 3.05) is 12.9 Å². The minimum atomic E-state index is -3.19. The average Bonchev–Trinajstić information content (AvgIpc) is 2.36. The fourth-order valence-electron chi connectivity index (χ4n) is 1.77. The third-order valence-corrected chi connectivity index (χ3v) is 4.31. The first-order chi connectivity index (χ1) is 8.52. The van der Waals surface area contributed by atoms with Crippen LogP contribution in [0.15, 0.2) is 24.3 Å². The fraction of sp³-hybridized carbons (Fsp3) is 0.538. The van der Waals surface area contributed by atoms with Gasteiger partial charge in [-0.25, -0.2) is 13.1 Å². The van der Waals surface area contributed by atoms with Crippen molar-refractivity contribution in [3.8, 4) is 5.75 Å². The second-order valence-corrected chi connectivity index (χ2v) is 6.04. The van der Waals surface area contributed by atoms with Crippen LogP contribution >= 0.6 is 0 Å². The third kappa shape index (κ3) is 4.31. The summed E-state index contributed by atoms with van der Waals surface area (Å²) in [4.78, 5) is 0. The SMILES string of the molecule is CCCS(=O)(=O)NC(CC)c1ccc(OC)cc1. The topological polar surface area (TPSA) is 55.4 Å². The van der Waals surface area contributed by atoms with Crippen LogP contribution in [0.25, 0.3) is 0 Å². The van der Waals surface area contributed by atoms with Gasteiger partial charge in [0.2, 0.25) is 10.0 Å². The molecular weight excluding hydrogens is 250 g/mol. The standard InChI is InChI=1S/C13H21NO3S/c1-4-10-18(15,16)14-13(5-2)11-6-8-12(17-3)9-7-11/h6-9,13-14H,4-5,10H2,1-3H3. The van der Waals surface area contributed by atoms with Crippen LogP contribution in [0.3, 0.4) is 0 Å². The molecule has 1 aromatic rings. The van der Waals surface area contributed by atoms with Gasteiger partial charge >= 0.3 is 0 Å². The molecule has 0 aliphatic heterocycles. The second kappa shape index (κ2) is 6.75. The summed E-state index contributed by atoms with van der Waals surface area (Å²) in [6.45, 7) is 3.82. The van der Waals surface area contributed by atoms with Gasteiger partial charge in [-0.1, -0.05) is 26.0 Å². The molecule has 1 rings (SSSR count). The van der Waals surface area contributed by atoms with Gasteiger partial charge in [-0.05, 0) is 30.5 Å². The van der Waals surface area contributed by atoms with E-state index in [0.29, 0.717) is 6.42 Å². The number of benzene rings is 1. The van der Waals surface area contributed by atoms with Gasteiger partial charge in [-0.2, -0.15) is 0 Å². The maximum atomic E-state index is 11.8. The molecule has 1 atom stereocenters. The molecule has 1 unspecified atom stereocenters. The molecule has 5 heteroatoms. The summed E-state index contributed by atoms with van der Waals surface area (Å²) < 4.78 is 31.3. The summed E-state index contributed by atoms with van der Waals surface area (Å²) in [6.07, 6.45) is 1.34. The van der Waals surface area contributed by atoms with Crippen LogP contribution in [-0.4, -0.2) is 21.3 Å². The molecule has 1 aromatic carbocycles. The van der Waals surface area contributed by atoms with Gasteiger partial charge in [0, 0.05) is 6.04 Å². The summed E-state index contributed by atoms with van der Waals surface area (Å²) >= 11 is 0. The van der Waals surface area contributed by atoms with E-state index in [2.05, 4.69) is 4.72 Å². The van der Waals surface area contributed by atoms with Crippen molar-refractivity contribution < 1.29 is 13.2 Å². The molecule has 1 N–H and O–H groups in total. The Balaban J connectivity index is 2.82. The van der Waals surface area contributed by atoms with Gasteiger partial charge in [-0.3, -0.25) is 0 Å². The van der Waals surface area contributed by atoms with Gasteiger partial charge in [0.1, 0.15) is 5.75 Å². The van der Waals surface area contributed by atoms with Crippen molar-refractivity contribution in [2.45, 2.75) is 32.7 Å². The predicted octanol–water partition coefficient (Wildman–Crippen LogP) is 2.48.